The molecule has 0 spiro atoms. The lowest BCUT2D eigenvalue weighted by atomic mass is 10.1. The molecule has 19 heavy (non-hydrogen) atoms. The minimum Gasteiger partial charge on any atom is -0.456 e. The average molecular weight is 253 g/mol. The number of nitrogens with zero attached hydrogens (tertiary/aromatic N) is 1. The van der Waals surface area contributed by atoms with E-state index < -0.39 is 0 Å². The summed E-state index contributed by atoms with van der Waals surface area (Å²) in [6, 6.07) is 14.6. The lowest BCUT2D eigenvalue weighted by Gasteiger charge is -1.96. The minimum absolute atomic E-state index is 0.0883. The van der Waals surface area contributed by atoms with Crippen molar-refractivity contribution in [2.24, 2.45) is 0 Å². The smallest absolute Gasteiger partial charge is 0.270 e. The zero-order chi connectivity index (χ0) is 13.4. The van der Waals surface area contributed by atoms with Crippen LogP contribution in [0.25, 0.3) is 22.3 Å². The summed E-state index contributed by atoms with van der Waals surface area (Å²) in [4.78, 5) is 10.5. The van der Waals surface area contributed by atoms with Crippen LogP contribution < -0.4 is 0 Å². The molecule has 4 nitrogen and oxygen atoms in total. The fraction of sp³-hybridized carbons (Fsp3) is 0.0667. The summed E-state index contributed by atoms with van der Waals surface area (Å²) in [5.74, 6) is 0.721. The third-order valence-electron chi connectivity index (χ3n) is 3.06. The molecule has 0 aliphatic rings. The van der Waals surface area contributed by atoms with Gasteiger partial charge in [0.05, 0.1) is 4.92 Å². The quantitative estimate of drug-likeness (QED) is 0.505. The van der Waals surface area contributed by atoms with Crippen LogP contribution in [0.1, 0.15) is 5.56 Å². The van der Waals surface area contributed by atoms with Crippen LogP contribution in [0.5, 0.6) is 0 Å². The van der Waals surface area contributed by atoms with E-state index in [4.69, 9.17) is 4.42 Å². The summed E-state index contributed by atoms with van der Waals surface area (Å²) in [6.07, 6.45) is 0. The maximum atomic E-state index is 10.8. The first-order chi connectivity index (χ1) is 9.15. The molecule has 0 unspecified atom stereocenters. The number of hydrogen-bond donors (Lipinski definition) is 0. The Balaban J connectivity index is 2.21. The van der Waals surface area contributed by atoms with E-state index in [-0.39, 0.29) is 10.6 Å². The Morgan fingerprint density at radius 3 is 2.53 bits per heavy atom. The fourth-order valence-electron chi connectivity index (χ4n) is 2.16. The molecule has 2 aromatic carbocycles. The maximum absolute atomic E-state index is 10.8. The number of rotatable bonds is 2. The molecular formula is C15H11NO3. The zero-order valence-corrected chi connectivity index (χ0v) is 10.3. The van der Waals surface area contributed by atoms with E-state index in [0.29, 0.717) is 5.58 Å². The fourth-order valence-corrected chi connectivity index (χ4v) is 2.16. The Bertz CT molecular complexity index is 760. The van der Waals surface area contributed by atoms with Crippen molar-refractivity contribution in [3.05, 3.63) is 64.2 Å². The number of furan rings is 1. The SMILES string of the molecule is Cc1cc([N+](=O)[O-])cc2cc(-c3ccccc3)oc12. The molecule has 0 bridgehead atoms. The number of aryl methyl sites for hydroxylation is 1. The molecule has 0 aliphatic heterocycles. The Morgan fingerprint density at radius 1 is 1.11 bits per heavy atom. The van der Waals surface area contributed by atoms with Crippen LogP contribution in [0.4, 0.5) is 5.69 Å². The van der Waals surface area contributed by atoms with Gasteiger partial charge in [-0.15, -0.1) is 0 Å². The molecule has 0 atom stereocenters. The first kappa shape index (κ1) is 11.5. The number of nitro benzene ring substituents is 1. The molecule has 0 aliphatic carbocycles. The standard InChI is InChI=1S/C15H11NO3/c1-10-7-13(16(17)18)8-12-9-14(19-15(10)12)11-5-3-2-4-6-11/h2-9H,1H3. The van der Waals surface area contributed by atoms with Crippen LogP contribution >= 0.6 is 0 Å². The van der Waals surface area contributed by atoms with Crippen molar-refractivity contribution in [1.29, 1.82) is 0 Å². The molecule has 3 rings (SSSR count). The van der Waals surface area contributed by atoms with Crippen LogP contribution in [-0.2, 0) is 0 Å². The summed E-state index contributed by atoms with van der Waals surface area (Å²) in [6.45, 7) is 1.81. The Labute approximate surface area is 109 Å². The van der Waals surface area contributed by atoms with Gasteiger partial charge in [-0.1, -0.05) is 30.3 Å². The van der Waals surface area contributed by atoms with Crippen molar-refractivity contribution in [1.82, 2.24) is 0 Å². The predicted molar refractivity (Wildman–Crippen MR) is 73.0 cm³/mol. The van der Waals surface area contributed by atoms with Crippen LogP contribution in [0.15, 0.2) is 52.9 Å². The summed E-state index contributed by atoms with van der Waals surface area (Å²) < 4.78 is 5.80. The first-order valence-electron chi connectivity index (χ1n) is 5.89. The van der Waals surface area contributed by atoms with Crippen LogP contribution in [-0.4, -0.2) is 4.92 Å². The lowest BCUT2D eigenvalue weighted by Crippen LogP contribution is -1.88. The van der Waals surface area contributed by atoms with Crippen LogP contribution in [0.3, 0.4) is 0 Å². The van der Waals surface area contributed by atoms with Crippen molar-refractivity contribution in [3.8, 4) is 11.3 Å². The van der Waals surface area contributed by atoms with Gasteiger partial charge in [0.2, 0.25) is 0 Å². The molecule has 4 heteroatoms. The summed E-state index contributed by atoms with van der Waals surface area (Å²) in [5.41, 5.74) is 2.52. The van der Waals surface area contributed by atoms with E-state index in [1.165, 1.54) is 12.1 Å². The molecular weight excluding hydrogens is 242 g/mol. The van der Waals surface area contributed by atoms with Crippen molar-refractivity contribution in [2.45, 2.75) is 6.92 Å². The summed E-state index contributed by atoms with van der Waals surface area (Å²) >= 11 is 0. The molecule has 0 saturated carbocycles. The number of benzene rings is 2. The van der Waals surface area contributed by atoms with Crippen molar-refractivity contribution in [3.63, 3.8) is 0 Å². The summed E-state index contributed by atoms with van der Waals surface area (Å²) in [5, 5.41) is 11.6. The monoisotopic (exact) mass is 253 g/mol. The second-order valence-electron chi connectivity index (χ2n) is 4.41. The number of non-ortho nitro benzene ring substituents is 1. The molecule has 0 N–H and O–H groups in total. The largest absolute Gasteiger partial charge is 0.456 e. The van der Waals surface area contributed by atoms with Gasteiger partial charge in [0.1, 0.15) is 11.3 Å². The number of fused-ring (bicyclic) bond motifs is 1. The third kappa shape index (κ3) is 1.97. The van der Waals surface area contributed by atoms with Gasteiger partial charge in [-0.2, -0.15) is 0 Å². The molecule has 0 amide bonds. The highest BCUT2D eigenvalue weighted by atomic mass is 16.6. The van der Waals surface area contributed by atoms with Gasteiger partial charge >= 0.3 is 0 Å². The van der Waals surface area contributed by atoms with Crippen LogP contribution in [0, 0.1) is 17.0 Å². The second-order valence-corrected chi connectivity index (χ2v) is 4.41. The van der Waals surface area contributed by atoms with E-state index >= 15 is 0 Å². The van der Waals surface area contributed by atoms with Crippen molar-refractivity contribution < 1.29 is 9.34 Å². The zero-order valence-electron chi connectivity index (χ0n) is 10.3. The molecule has 0 radical (unpaired) electrons. The van der Waals surface area contributed by atoms with Gasteiger partial charge in [0.15, 0.2) is 0 Å². The highest BCUT2D eigenvalue weighted by Gasteiger charge is 2.14. The predicted octanol–water partition coefficient (Wildman–Crippen LogP) is 4.32. The molecule has 0 saturated heterocycles. The van der Waals surface area contributed by atoms with E-state index in [1.807, 2.05) is 43.3 Å². The van der Waals surface area contributed by atoms with Gasteiger partial charge < -0.3 is 4.42 Å². The summed E-state index contributed by atoms with van der Waals surface area (Å²) in [7, 11) is 0. The third-order valence-corrected chi connectivity index (χ3v) is 3.06. The first-order valence-corrected chi connectivity index (χ1v) is 5.89. The van der Waals surface area contributed by atoms with E-state index in [0.717, 1.165) is 22.3 Å². The van der Waals surface area contributed by atoms with E-state index in [2.05, 4.69) is 0 Å². The molecule has 1 aromatic heterocycles. The average Bonchev–Trinajstić information content (AvgIpc) is 2.84. The van der Waals surface area contributed by atoms with Crippen molar-refractivity contribution >= 4 is 16.7 Å². The van der Waals surface area contributed by atoms with Gasteiger partial charge in [-0.3, -0.25) is 10.1 Å². The normalized spacial score (nSPS) is 10.8. The topological polar surface area (TPSA) is 56.3 Å². The van der Waals surface area contributed by atoms with E-state index in [1.54, 1.807) is 0 Å². The highest BCUT2D eigenvalue weighted by Crippen LogP contribution is 2.32. The number of hydrogen-bond acceptors (Lipinski definition) is 3. The maximum Gasteiger partial charge on any atom is 0.270 e. The second kappa shape index (κ2) is 4.24. The molecule has 1 heterocycles. The van der Waals surface area contributed by atoms with Gasteiger partial charge in [-0.05, 0) is 18.6 Å². The van der Waals surface area contributed by atoms with Crippen LogP contribution in [0.2, 0.25) is 0 Å². The molecule has 0 fully saturated rings. The molecule has 3 aromatic rings. The Morgan fingerprint density at radius 2 is 1.84 bits per heavy atom. The van der Waals surface area contributed by atoms with E-state index in [9.17, 15) is 10.1 Å². The van der Waals surface area contributed by atoms with Crippen molar-refractivity contribution in [2.75, 3.05) is 0 Å². The molecule has 94 valence electrons. The van der Waals surface area contributed by atoms with Gasteiger partial charge in [-0.25, -0.2) is 0 Å². The number of nitro groups is 1. The van der Waals surface area contributed by atoms with Gasteiger partial charge in [0.25, 0.3) is 5.69 Å². The lowest BCUT2D eigenvalue weighted by molar-refractivity contribution is -0.384. The Kier molecular flexibility index (Phi) is 2.56. The van der Waals surface area contributed by atoms with Gasteiger partial charge in [0, 0.05) is 23.1 Å². The Hall–Kier alpha value is -2.62. The minimum atomic E-state index is -0.387. The highest BCUT2D eigenvalue weighted by molar-refractivity contribution is 5.87.